The number of benzene rings is 2. The molecule has 0 aliphatic heterocycles. The first kappa shape index (κ1) is 13.6. The van der Waals surface area contributed by atoms with Gasteiger partial charge in [-0.25, -0.2) is 0 Å². The first-order chi connectivity index (χ1) is 9.79. The third kappa shape index (κ3) is 2.60. The van der Waals surface area contributed by atoms with Gasteiger partial charge >= 0.3 is 0 Å². The second-order valence-electron chi connectivity index (χ2n) is 6.30. The summed E-state index contributed by atoms with van der Waals surface area (Å²) in [6.07, 6.45) is 6.65. The van der Waals surface area contributed by atoms with Gasteiger partial charge < -0.3 is 5.73 Å². The summed E-state index contributed by atoms with van der Waals surface area (Å²) in [6.45, 7) is 2.32. The predicted molar refractivity (Wildman–Crippen MR) is 86.6 cm³/mol. The van der Waals surface area contributed by atoms with Crippen LogP contribution in [-0.4, -0.2) is 0 Å². The van der Waals surface area contributed by atoms with Crippen LogP contribution in [0, 0.1) is 11.8 Å². The SMILES string of the molecule is CCC1CCCC(C(N)c2cccc3ccccc23)C1. The summed E-state index contributed by atoms with van der Waals surface area (Å²) in [7, 11) is 0. The highest BCUT2D eigenvalue weighted by Crippen LogP contribution is 2.38. The van der Waals surface area contributed by atoms with Crippen molar-refractivity contribution < 1.29 is 0 Å². The Labute approximate surface area is 122 Å². The summed E-state index contributed by atoms with van der Waals surface area (Å²) in [5, 5.41) is 2.64. The van der Waals surface area contributed by atoms with Gasteiger partial charge in [-0.2, -0.15) is 0 Å². The fourth-order valence-electron chi connectivity index (χ4n) is 3.82. The molecular weight excluding hydrogens is 242 g/mol. The van der Waals surface area contributed by atoms with Crippen molar-refractivity contribution in [3.05, 3.63) is 48.0 Å². The molecule has 0 heterocycles. The highest BCUT2D eigenvalue weighted by molar-refractivity contribution is 5.86. The fraction of sp³-hybridized carbons (Fsp3) is 0.474. The average Bonchev–Trinajstić information content (AvgIpc) is 2.53. The van der Waals surface area contributed by atoms with Gasteiger partial charge in [0.05, 0.1) is 0 Å². The minimum Gasteiger partial charge on any atom is -0.324 e. The summed E-state index contributed by atoms with van der Waals surface area (Å²) < 4.78 is 0. The number of nitrogens with two attached hydrogens (primary N) is 1. The largest absolute Gasteiger partial charge is 0.324 e. The van der Waals surface area contributed by atoms with E-state index in [1.54, 1.807) is 0 Å². The summed E-state index contributed by atoms with van der Waals surface area (Å²) in [5.41, 5.74) is 7.99. The lowest BCUT2D eigenvalue weighted by Crippen LogP contribution is -2.27. The minimum atomic E-state index is 0.190. The zero-order chi connectivity index (χ0) is 13.9. The van der Waals surface area contributed by atoms with E-state index < -0.39 is 0 Å². The Balaban J connectivity index is 1.90. The molecule has 20 heavy (non-hydrogen) atoms. The van der Waals surface area contributed by atoms with E-state index in [1.807, 2.05) is 0 Å². The van der Waals surface area contributed by atoms with Gasteiger partial charge in [-0.05, 0) is 41.0 Å². The molecule has 1 heteroatoms. The smallest absolute Gasteiger partial charge is 0.0329 e. The zero-order valence-corrected chi connectivity index (χ0v) is 12.4. The molecule has 2 aromatic rings. The number of rotatable bonds is 3. The third-order valence-corrected chi connectivity index (χ3v) is 5.09. The van der Waals surface area contributed by atoms with Crippen molar-refractivity contribution in [3.8, 4) is 0 Å². The van der Waals surface area contributed by atoms with Crippen molar-refractivity contribution in [3.63, 3.8) is 0 Å². The molecule has 0 spiro atoms. The van der Waals surface area contributed by atoms with E-state index in [1.165, 1.54) is 48.4 Å². The van der Waals surface area contributed by atoms with Gasteiger partial charge in [-0.1, -0.05) is 68.7 Å². The lowest BCUT2D eigenvalue weighted by molar-refractivity contribution is 0.231. The molecule has 1 nitrogen and oxygen atoms in total. The Morgan fingerprint density at radius 1 is 1.10 bits per heavy atom. The van der Waals surface area contributed by atoms with E-state index in [-0.39, 0.29) is 6.04 Å². The Morgan fingerprint density at radius 3 is 2.75 bits per heavy atom. The molecule has 2 N–H and O–H groups in total. The van der Waals surface area contributed by atoms with Gasteiger partial charge in [0.25, 0.3) is 0 Å². The van der Waals surface area contributed by atoms with E-state index in [0.717, 1.165) is 5.92 Å². The van der Waals surface area contributed by atoms with Crippen molar-refractivity contribution >= 4 is 10.8 Å². The monoisotopic (exact) mass is 267 g/mol. The first-order valence-electron chi connectivity index (χ1n) is 8.03. The predicted octanol–water partition coefficient (Wildman–Crippen LogP) is 5.06. The van der Waals surface area contributed by atoms with Crippen LogP contribution in [0.4, 0.5) is 0 Å². The van der Waals surface area contributed by atoms with Crippen LogP contribution >= 0.6 is 0 Å². The molecule has 1 aliphatic rings. The summed E-state index contributed by atoms with van der Waals surface area (Å²) in [5.74, 6) is 1.54. The molecule has 3 atom stereocenters. The van der Waals surface area contributed by atoms with E-state index in [0.29, 0.717) is 5.92 Å². The third-order valence-electron chi connectivity index (χ3n) is 5.09. The lowest BCUT2D eigenvalue weighted by Gasteiger charge is -2.33. The molecule has 3 unspecified atom stereocenters. The maximum absolute atomic E-state index is 6.65. The number of hydrogen-bond donors (Lipinski definition) is 1. The van der Waals surface area contributed by atoms with Gasteiger partial charge in [-0.3, -0.25) is 0 Å². The zero-order valence-electron chi connectivity index (χ0n) is 12.4. The van der Waals surface area contributed by atoms with Crippen LogP contribution < -0.4 is 5.73 Å². The highest BCUT2D eigenvalue weighted by atomic mass is 14.7. The molecule has 2 aromatic carbocycles. The second kappa shape index (κ2) is 5.97. The Morgan fingerprint density at radius 2 is 1.90 bits per heavy atom. The Kier molecular flexibility index (Phi) is 4.07. The molecule has 0 saturated heterocycles. The maximum Gasteiger partial charge on any atom is 0.0329 e. The Bertz CT molecular complexity index is 569. The summed E-state index contributed by atoms with van der Waals surface area (Å²) in [4.78, 5) is 0. The van der Waals surface area contributed by atoms with Gasteiger partial charge in [0.2, 0.25) is 0 Å². The van der Waals surface area contributed by atoms with Crippen LogP contribution in [0.3, 0.4) is 0 Å². The van der Waals surface area contributed by atoms with E-state index >= 15 is 0 Å². The molecule has 1 saturated carbocycles. The van der Waals surface area contributed by atoms with E-state index in [9.17, 15) is 0 Å². The molecule has 106 valence electrons. The van der Waals surface area contributed by atoms with Gasteiger partial charge in [0.15, 0.2) is 0 Å². The van der Waals surface area contributed by atoms with Gasteiger partial charge in [0.1, 0.15) is 0 Å². The van der Waals surface area contributed by atoms with Gasteiger partial charge in [-0.15, -0.1) is 0 Å². The molecule has 1 aliphatic carbocycles. The van der Waals surface area contributed by atoms with Crippen molar-refractivity contribution in [1.82, 2.24) is 0 Å². The molecule has 3 rings (SSSR count). The molecule has 0 bridgehead atoms. The maximum atomic E-state index is 6.65. The number of fused-ring (bicyclic) bond motifs is 1. The van der Waals surface area contributed by atoms with Crippen LogP contribution in [0.1, 0.15) is 50.6 Å². The van der Waals surface area contributed by atoms with E-state index in [2.05, 4.69) is 49.4 Å². The molecule has 1 fully saturated rings. The topological polar surface area (TPSA) is 26.0 Å². The van der Waals surface area contributed by atoms with Gasteiger partial charge in [0, 0.05) is 6.04 Å². The summed E-state index contributed by atoms with van der Waals surface area (Å²) in [6, 6.07) is 15.4. The standard InChI is InChI=1S/C19H25N/c1-2-14-7-5-10-16(13-14)19(20)18-12-6-9-15-8-3-4-11-17(15)18/h3-4,6,8-9,11-12,14,16,19H,2,5,7,10,13,20H2,1H3. The van der Waals surface area contributed by atoms with E-state index in [4.69, 9.17) is 5.73 Å². The molecule has 0 radical (unpaired) electrons. The normalized spacial score (nSPS) is 24.7. The average molecular weight is 267 g/mol. The van der Waals surface area contributed by atoms with Crippen molar-refractivity contribution in [1.29, 1.82) is 0 Å². The lowest BCUT2D eigenvalue weighted by atomic mass is 9.75. The number of hydrogen-bond acceptors (Lipinski definition) is 1. The van der Waals surface area contributed by atoms with Crippen molar-refractivity contribution in [2.24, 2.45) is 17.6 Å². The molecular formula is C19H25N. The summed E-state index contributed by atoms with van der Waals surface area (Å²) >= 11 is 0. The van der Waals surface area contributed by atoms with Crippen LogP contribution in [-0.2, 0) is 0 Å². The minimum absolute atomic E-state index is 0.190. The molecule has 0 aromatic heterocycles. The Hall–Kier alpha value is -1.34. The van der Waals surface area contributed by atoms with Crippen molar-refractivity contribution in [2.75, 3.05) is 0 Å². The van der Waals surface area contributed by atoms with Crippen LogP contribution in [0.15, 0.2) is 42.5 Å². The fourth-order valence-corrected chi connectivity index (χ4v) is 3.82. The van der Waals surface area contributed by atoms with Crippen LogP contribution in [0.25, 0.3) is 10.8 Å². The molecule has 0 amide bonds. The quantitative estimate of drug-likeness (QED) is 0.826. The van der Waals surface area contributed by atoms with Crippen molar-refractivity contribution in [2.45, 2.75) is 45.1 Å². The second-order valence-corrected chi connectivity index (χ2v) is 6.30. The first-order valence-corrected chi connectivity index (χ1v) is 8.03. The van der Waals surface area contributed by atoms with Crippen LogP contribution in [0.5, 0.6) is 0 Å². The van der Waals surface area contributed by atoms with Crippen LogP contribution in [0.2, 0.25) is 0 Å². The highest BCUT2D eigenvalue weighted by Gasteiger charge is 2.27.